The van der Waals surface area contributed by atoms with Crippen molar-refractivity contribution in [3.05, 3.63) is 53.5 Å². The minimum Gasteiger partial charge on any atom is -0.494 e. The SMILES string of the molecule is COc1ccc(CN2CCC(NC(=O)NCc3ccnc(OCC(F)(F)F)c3)CC2)cc1F. The summed E-state index contributed by atoms with van der Waals surface area (Å²) in [7, 11) is 1.42. The maximum absolute atomic E-state index is 13.9. The zero-order valence-corrected chi connectivity index (χ0v) is 18.1. The summed E-state index contributed by atoms with van der Waals surface area (Å²) in [5.74, 6) is -0.336. The Hall–Kier alpha value is -3.08. The van der Waals surface area contributed by atoms with Crippen molar-refractivity contribution < 1.29 is 31.8 Å². The van der Waals surface area contributed by atoms with Crippen LogP contribution < -0.4 is 20.1 Å². The second-order valence-corrected chi connectivity index (χ2v) is 7.75. The largest absolute Gasteiger partial charge is 0.494 e. The molecule has 0 spiro atoms. The standard InChI is InChI=1S/C22H26F4N4O3/c1-32-19-3-2-16(10-18(19)23)13-30-8-5-17(6-9-30)29-21(31)28-12-15-4-7-27-20(11-15)33-14-22(24,25)26/h2-4,7,10-11,17H,5-6,8-9,12-14H2,1H3,(H2,28,29,31). The number of alkyl halides is 3. The van der Waals surface area contributed by atoms with Gasteiger partial charge in [0, 0.05) is 44.5 Å². The Kier molecular flexibility index (Phi) is 8.32. The zero-order chi connectivity index (χ0) is 23.8. The summed E-state index contributed by atoms with van der Waals surface area (Å²) in [6.45, 7) is 0.814. The number of halogens is 4. The van der Waals surface area contributed by atoms with Gasteiger partial charge in [0.15, 0.2) is 18.2 Å². The summed E-state index contributed by atoms with van der Waals surface area (Å²) in [5, 5.41) is 5.60. The van der Waals surface area contributed by atoms with Gasteiger partial charge >= 0.3 is 12.2 Å². The number of urea groups is 1. The fourth-order valence-electron chi connectivity index (χ4n) is 3.52. The van der Waals surface area contributed by atoms with Crippen LogP contribution in [0.1, 0.15) is 24.0 Å². The van der Waals surface area contributed by atoms with Crippen molar-refractivity contribution in [1.82, 2.24) is 20.5 Å². The molecule has 0 radical (unpaired) electrons. The topological polar surface area (TPSA) is 75.7 Å². The van der Waals surface area contributed by atoms with Crippen molar-refractivity contribution in [3.8, 4) is 11.6 Å². The average Bonchev–Trinajstić information content (AvgIpc) is 2.78. The van der Waals surface area contributed by atoms with Crippen LogP contribution in [0.2, 0.25) is 0 Å². The van der Waals surface area contributed by atoms with Gasteiger partial charge < -0.3 is 20.1 Å². The molecule has 1 saturated heterocycles. The molecule has 1 aliphatic rings. The highest BCUT2D eigenvalue weighted by Crippen LogP contribution is 2.20. The van der Waals surface area contributed by atoms with Crippen molar-refractivity contribution in [2.45, 2.75) is 38.1 Å². The Balaban J connectivity index is 1.38. The number of methoxy groups -OCH3 is 1. The first-order valence-electron chi connectivity index (χ1n) is 10.5. The van der Waals surface area contributed by atoms with E-state index in [1.54, 1.807) is 12.1 Å². The van der Waals surface area contributed by atoms with Crippen molar-refractivity contribution in [2.75, 3.05) is 26.8 Å². The predicted molar refractivity (Wildman–Crippen MR) is 112 cm³/mol. The maximum atomic E-state index is 13.9. The van der Waals surface area contributed by atoms with Gasteiger partial charge in [-0.15, -0.1) is 0 Å². The lowest BCUT2D eigenvalue weighted by atomic mass is 10.0. The van der Waals surface area contributed by atoms with E-state index >= 15 is 0 Å². The van der Waals surface area contributed by atoms with E-state index in [2.05, 4.69) is 25.3 Å². The number of carbonyl (C=O) groups is 1. The van der Waals surface area contributed by atoms with Gasteiger partial charge in [0.1, 0.15) is 0 Å². The number of hydrogen-bond donors (Lipinski definition) is 2. The Morgan fingerprint density at radius 3 is 2.61 bits per heavy atom. The molecule has 0 unspecified atom stereocenters. The Morgan fingerprint density at radius 1 is 1.18 bits per heavy atom. The van der Waals surface area contributed by atoms with Gasteiger partial charge in [0.2, 0.25) is 5.88 Å². The third-order valence-electron chi connectivity index (χ3n) is 5.18. The summed E-state index contributed by atoms with van der Waals surface area (Å²) < 4.78 is 60.2. The van der Waals surface area contributed by atoms with Gasteiger partial charge in [-0.25, -0.2) is 14.2 Å². The number of nitrogens with zero attached hydrogens (tertiary/aromatic N) is 2. The number of hydrogen-bond acceptors (Lipinski definition) is 5. The Labute approximate surface area is 189 Å². The highest BCUT2D eigenvalue weighted by Gasteiger charge is 2.28. The summed E-state index contributed by atoms with van der Waals surface area (Å²) in [6.07, 6.45) is -1.63. The Morgan fingerprint density at radius 2 is 1.94 bits per heavy atom. The molecule has 1 aromatic heterocycles. The van der Waals surface area contributed by atoms with E-state index in [9.17, 15) is 22.4 Å². The first-order chi connectivity index (χ1) is 15.7. The van der Waals surface area contributed by atoms with Crippen LogP contribution in [0.15, 0.2) is 36.5 Å². The van der Waals surface area contributed by atoms with E-state index in [-0.39, 0.29) is 30.2 Å². The second-order valence-electron chi connectivity index (χ2n) is 7.75. The summed E-state index contributed by atoms with van der Waals surface area (Å²) in [6, 6.07) is 7.48. The maximum Gasteiger partial charge on any atom is 0.422 e. The summed E-state index contributed by atoms with van der Waals surface area (Å²) >= 11 is 0. The quantitative estimate of drug-likeness (QED) is 0.577. The van der Waals surface area contributed by atoms with Crippen LogP contribution in [0.3, 0.4) is 0 Å². The normalized spacial score (nSPS) is 15.2. The van der Waals surface area contributed by atoms with E-state index in [1.807, 2.05) is 6.07 Å². The number of ether oxygens (including phenoxy) is 2. The van der Waals surface area contributed by atoms with Crippen LogP contribution in [0.4, 0.5) is 22.4 Å². The van der Waals surface area contributed by atoms with Crippen LogP contribution in [-0.4, -0.2) is 54.9 Å². The van der Waals surface area contributed by atoms with E-state index in [0.29, 0.717) is 12.1 Å². The molecular formula is C22H26F4N4O3. The minimum atomic E-state index is -4.45. The first kappa shape index (κ1) is 24.6. The lowest BCUT2D eigenvalue weighted by molar-refractivity contribution is -0.154. The van der Waals surface area contributed by atoms with Crippen LogP contribution in [0.25, 0.3) is 0 Å². The van der Waals surface area contributed by atoms with E-state index in [0.717, 1.165) is 31.5 Å². The van der Waals surface area contributed by atoms with Crippen LogP contribution in [0, 0.1) is 5.82 Å². The van der Waals surface area contributed by atoms with E-state index in [1.165, 1.54) is 25.4 Å². The third kappa shape index (κ3) is 8.08. The van der Waals surface area contributed by atoms with Crippen LogP contribution in [-0.2, 0) is 13.1 Å². The molecule has 33 heavy (non-hydrogen) atoms. The van der Waals surface area contributed by atoms with E-state index < -0.39 is 18.6 Å². The van der Waals surface area contributed by atoms with Crippen LogP contribution in [0.5, 0.6) is 11.6 Å². The number of piperidine rings is 1. The highest BCUT2D eigenvalue weighted by molar-refractivity contribution is 5.74. The van der Waals surface area contributed by atoms with Gasteiger partial charge in [-0.1, -0.05) is 6.07 Å². The summed E-state index contributed by atoms with van der Waals surface area (Å²) in [5.41, 5.74) is 1.42. The molecule has 3 rings (SSSR count). The molecule has 1 fully saturated rings. The smallest absolute Gasteiger partial charge is 0.422 e. The number of carbonyl (C=O) groups excluding carboxylic acids is 1. The number of pyridine rings is 1. The van der Waals surface area contributed by atoms with Crippen molar-refractivity contribution in [2.24, 2.45) is 0 Å². The van der Waals surface area contributed by atoms with Gasteiger partial charge in [-0.3, -0.25) is 4.90 Å². The molecule has 2 amide bonds. The number of likely N-dealkylation sites (tertiary alicyclic amines) is 1. The average molecular weight is 470 g/mol. The van der Waals surface area contributed by atoms with Gasteiger partial charge in [0.25, 0.3) is 0 Å². The Bertz CT molecular complexity index is 934. The lowest BCUT2D eigenvalue weighted by Gasteiger charge is -2.32. The fraction of sp³-hybridized carbons (Fsp3) is 0.455. The van der Waals surface area contributed by atoms with Crippen molar-refractivity contribution in [3.63, 3.8) is 0 Å². The van der Waals surface area contributed by atoms with Crippen LogP contribution >= 0.6 is 0 Å². The second kappa shape index (κ2) is 11.2. The zero-order valence-electron chi connectivity index (χ0n) is 18.1. The van der Waals surface area contributed by atoms with Gasteiger partial charge in [0.05, 0.1) is 7.11 Å². The third-order valence-corrected chi connectivity index (χ3v) is 5.18. The molecule has 2 N–H and O–H groups in total. The van der Waals surface area contributed by atoms with Crippen molar-refractivity contribution in [1.29, 1.82) is 0 Å². The number of nitrogens with one attached hydrogen (secondary N) is 2. The molecule has 1 aromatic carbocycles. The fourth-order valence-corrected chi connectivity index (χ4v) is 3.52. The van der Waals surface area contributed by atoms with Crippen molar-refractivity contribution >= 4 is 6.03 Å². The number of rotatable bonds is 8. The molecule has 0 atom stereocenters. The molecular weight excluding hydrogens is 444 g/mol. The number of amides is 2. The van der Waals surface area contributed by atoms with Gasteiger partial charge in [-0.05, 0) is 42.2 Å². The predicted octanol–water partition coefficient (Wildman–Crippen LogP) is 3.63. The molecule has 2 aromatic rings. The molecule has 11 heteroatoms. The first-order valence-corrected chi connectivity index (χ1v) is 10.5. The minimum absolute atomic E-state index is 0.00280. The molecule has 0 aliphatic carbocycles. The number of aromatic nitrogens is 1. The lowest BCUT2D eigenvalue weighted by Crippen LogP contribution is -2.47. The van der Waals surface area contributed by atoms with E-state index in [4.69, 9.17) is 4.74 Å². The highest BCUT2D eigenvalue weighted by atomic mass is 19.4. The molecule has 2 heterocycles. The molecule has 0 saturated carbocycles. The molecule has 1 aliphatic heterocycles. The monoisotopic (exact) mass is 470 g/mol. The molecule has 7 nitrogen and oxygen atoms in total. The molecule has 0 bridgehead atoms. The number of benzene rings is 1. The summed E-state index contributed by atoms with van der Waals surface area (Å²) in [4.78, 5) is 18.1. The van der Waals surface area contributed by atoms with Gasteiger partial charge in [-0.2, -0.15) is 13.2 Å². The molecule has 180 valence electrons.